The number of carboxylic acids is 2. The summed E-state index contributed by atoms with van der Waals surface area (Å²) in [5.74, 6) is -6.26. The molecule has 0 saturated heterocycles. The first-order valence-corrected chi connectivity index (χ1v) is 24.4. The number of halogens is 7. The number of carbonyl (C=O) groups excluding carboxylic acids is 5. The molecule has 0 radical (unpaired) electrons. The summed E-state index contributed by atoms with van der Waals surface area (Å²) in [6.45, 7) is 0.0217. The first-order valence-electron chi connectivity index (χ1n) is 22.9. The molecule has 0 unspecified atom stereocenters. The van der Waals surface area contributed by atoms with Gasteiger partial charge in [-0.1, -0.05) is 108 Å². The molecular formula is C50H53Cl4F3N6O9. The van der Waals surface area contributed by atoms with Crippen molar-refractivity contribution in [3.8, 4) is 0 Å². The number of anilines is 2. The van der Waals surface area contributed by atoms with E-state index in [4.69, 9.17) is 52.1 Å². The van der Waals surface area contributed by atoms with Crippen LogP contribution in [-0.2, 0) is 36.8 Å². The van der Waals surface area contributed by atoms with Gasteiger partial charge >= 0.3 is 24.0 Å². The maximum absolute atomic E-state index is 13.1. The number of amides is 5. The van der Waals surface area contributed by atoms with Crippen LogP contribution in [0.5, 0.6) is 0 Å². The Hall–Kier alpha value is -5.92. The van der Waals surface area contributed by atoms with Gasteiger partial charge in [0, 0.05) is 30.8 Å². The summed E-state index contributed by atoms with van der Waals surface area (Å²) in [6, 6.07) is 20.1. The minimum atomic E-state index is -5.03. The van der Waals surface area contributed by atoms with Crippen LogP contribution in [0.2, 0.25) is 20.1 Å². The fourth-order valence-corrected chi connectivity index (χ4v) is 9.97. The van der Waals surface area contributed by atoms with E-state index in [1.165, 1.54) is 12.1 Å². The molecule has 2 saturated carbocycles. The number of rotatable bonds is 19. The predicted molar refractivity (Wildman–Crippen MR) is 267 cm³/mol. The van der Waals surface area contributed by atoms with Crippen LogP contribution in [-0.4, -0.2) is 83.0 Å². The van der Waals surface area contributed by atoms with Crippen molar-refractivity contribution in [1.82, 2.24) is 16.0 Å². The SMILES string of the molecule is NCCC1(C(=O)N[C@@H](Cc2ccc(NC(=O)c3c(Cl)cccc3Cl)cc2)C(=O)O)CCCC1.O=C(Nc1ccc(C[C@H](NC(=O)C2(CCNC(=O)C(F)(F)F)CCCC2)C(=O)O)cc1)c1c(Cl)cccc1Cl. The highest BCUT2D eigenvalue weighted by Crippen LogP contribution is 2.42. The Labute approximate surface area is 433 Å². The van der Waals surface area contributed by atoms with Gasteiger partial charge in [0.25, 0.3) is 11.8 Å². The molecule has 22 heteroatoms. The summed E-state index contributed by atoms with van der Waals surface area (Å²) in [6.07, 6.45) is 0.917. The summed E-state index contributed by atoms with van der Waals surface area (Å²) in [5.41, 5.74) is 6.51. The molecule has 2 aliphatic carbocycles. The standard InChI is InChI=1S/C26H26Cl2F3N3O5.C24H27Cl2N3O4/c27-17-4-3-5-18(28)20(17)21(35)33-16-8-6-15(7-9-16)14-19(22(36)37)34-23(38)25(10-1-2-11-25)12-13-32-24(39)26(29,30)31;25-17-4-3-5-18(26)20(17)21(30)28-16-8-6-15(7-9-16)14-19(22(31)32)29-23(33)24(12-13-27)10-1-2-11-24/h3-9,19H,1-2,10-14H2,(H,32,39)(H,33,35)(H,34,38)(H,36,37);3-9,19H,1-2,10-14,27H2,(H,28,30)(H,29,33)(H,31,32)/t2*19-/m00/s1. The van der Waals surface area contributed by atoms with Crippen molar-refractivity contribution < 1.29 is 56.9 Å². The van der Waals surface area contributed by atoms with Crippen molar-refractivity contribution in [2.45, 2.75) is 95.3 Å². The van der Waals surface area contributed by atoms with E-state index in [0.29, 0.717) is 61.2 Å². The third-order valence-electron chi connectivity index (χ3n) is 12.7. The Morgan fingerprint density at radius 2 is 0.917 bits per heavy atom. The second kappa shape index (κ2) is 25.6. The Kier molecular flexibility index (Phi) is 20.3. The molecule has 0 aromatic heterocycles. The van der Waals surface area contributed by atoms with Crippen molar-refractivity contribution in [2.24, 2.45) is 16.6 Å². The van der Waals surface area contributed by atoms with Crippen molar-refractivity contribution in [3.63, 3.8) is 0 Å². The summed E-state index contributed by atoms with van der Waals surface area (Å²) < 4.78 is 37.4. The number of nitrogens with two attached hydrogens (primary N) is 1. The largest absolute Gasteiger partial charge is 0.480 e. The minimum absolute atomic E-state index is 0.0448. The first kappa shape index (κ1) is 57.0. The van der Waals surface area contributed by atoms with Gasteiger partial charge in [-0.2, -0.15) is 13.2 Å². The molecule has 2 aliphatic rings. The molecule has 4 aromatic carbocycles. The second-order valence-corrected chi connectivity index (χ2v) is 19.3. The van der Waals surface area contributed by atoms with Crippen LogP contribution in [0.25, 0.3) is 0 Å². The van der Waals surface area contributed by atoms with Crippen LogP contribution in [0, 0.1) is 10.8 Å². The number of aliphatic carboxylic acids is 2. The maximum atomic E-state index is 13.1. The quantitative estimate of drug-likeness (QED) is 0.0442. The zero-order chi connectivity index (χ0) is 52.8. The van der Waals surface area contributed by atoms with E-state index >= 15 is 0 Å². The summed E-state index contributed by atoms with van der Waals surface area (Å²) in [7, 11) is 0. The molecule has 0 spiro atoms. The Bertz CT molecular complexity index is 2570. The molecule has 9 N–H and O–H groups in total. The average molecular weight is 1080 g/mol. The fourth-order valence-electron chi connectivity index (χ4n) is 8.84. The van der Waals surface area contributed by atoms with Gasteiger partial charge in [-0.3, -0.25) is 24.0 Å². The smallest absolute Gasteiger partial charge is 0.471 e. The molecule has 0 aliphatic heterocycles. The highest BCUT2D eigenvalue weighted by molar-refractivity contribution is 6.41. The van der Waals surface area contributed by atoms with Gasteiger partial charge in [-0.15, -0.1) is 0 Å². The lowest BCUT2D eigenvalue weighted by atomic mass is 9.81. The topological polar surface area (TPSA) is 246 Å². The predicted octanol–water partition coefficient (Wildman–Crippen LogP) is 9.25. The molecule has 4 aromatic rings. The van der Waals surface area contributed by atoms with Crippen LogP contribution in [0.3, 0.4) is 0 Å². The number of alkyl halides is 3. The second-order valence-electron chi connectivity index (χ2n) is 17.6. The van der Waals surface area contributed by atoms with E-state index in [2.05, 4.69) is 21.3 Å². The van der Waals surface area contributed by atoms with Gasteiger partial charge in [-0.05, 0) is 105 Å². The van der Waals surface area contributed by atoms with Gasteiger partial charge in [0.15, 0.2) is 0 Å². The maximum Gasteiger partial charge on any atom is 0.471 e. The molecule has 15 nitrogen and oxygen atoms in total. The van der Waals surface area contributed by atoms with E-state index in [9.17, 15) is 56.9 Å². The Morgan fingerprint density at radius 1 is 0.569 bits per heavy atom. The third-order valence-corrected chi connectivity index (χ3v) is 14.0. The van der Waals surface area contributed by atoms with Crippen molar-refractivity contribution >= 4 is 99.3 Å². The van der Waals surface area contributed by atoms with E-state index in [1.54, 1.807) is 78.1 Å². The zero-order valence-electron chi connectivity index (χ0n) is 38.6. The number of benzene rings is 4. The van der Waals surface area contributed by atoms with Crippen LogP contribution in [0.15, 0.2) is 84.9 Å². The van der Waals surface area contributed by atoms with Crippen LogP contribution in [0.4, 0.5) is 24.5 Å². The average Bonchev–Trinajstić information content (AvgIpc) is 4.01. The van der Waals surface area contributed by atoms with Gasteiger partial charge in [0.1, 0.15) is 12.1 Å². The van der Waals surface area contributed by atoms with Crippen LogP contribution in [0.1, 0.15) is 96.1 Å². The van der Waals surface area contributed by atoms with Crippen molar-refractivity contribution in [2.75, 3.05) is 23.7 Å². The molecular weight excluding hydrogens is 1030 g/mol. The molecule has 386 valence electrons. The zero-order valence-corrected chi connectivity index (χ0v) is 41.6. The van der Waals surface area contributed by atoms with E-state index < -0.39 is 64.7 Å². The summed E-state index contributed by atoms with van der Waals surface area (Å²) in [5, 5.41) is 32.6. The molecule has 72 heavy (non-hydrogen) atoms. The van der Waals surface area contributed by atoms with Crippen molar-refractivity contribution in [3.05, 3.63) is 127 Å². The van der Waals surface area contributed by atoms with Crippen LogP contribution >= 0.6 is 46.4 Å². The minimum Gasteiger partial charge on any atom is -0.480 e. The van der Waals surface area contributed by atoms with E-state index in [1.807, 2.05) is 0 Å². The number of hydrogen-bond acceptors (Lipinski definition) is 8. The van der Waals surface area contributed by atoms with Gasteiger partial charge < -0.3 is 42.5 Å². The van der Waals surface area contributed by atoms with E-state index in [-0.39, 0.29) is 62.9 Å². The molecule has 2 fully saturated rings. The summed E-state index contributed by atoms with van der Waals surface area (Å²) >= 11 is 24.3. The Morgan fingerprint density at radius 3 is 1.24 bits per heavy atom. The highest BCUT2D eigenvalue weighted by Gasteiger charge is 2.44. The number of hydrogen-bond donors (Lipinski definition) is 8. The molecule has 2 atom stereocenters. The van der Waals surface area contributed by atoms with Crippen LogP contribution < -0.4 is 32.3 Å². The molecule has 5 amide bonds. The lowest BCUT2D eigenvalue weighted by molar-refractivity contribution is -0.173. The van der Waals surface area contributed by atoms with Gasteiger partial charge in [0.2, 0.25) is 11.8 Å². The molecule has 6 rings (SSSR count). The van der Waals surface area contributed by atoms with Gasteiger partial charge in [-0.25, -0.2) is 9.59 Å². The monoisotopic (exact) mass is 1080 g/mol. The normalized spacial score (nSPS) is 15.4. The third kappa shape index (κ3) is 15.3. The molecule has 0 bridgehead atoms. The highest BCUT2D eigenvalue weighted by atomic mass is 35.5. The van der Waals surface area contributed by atoms with E-state index in [0.717, 1.165) is 25.7 Å². The number of nitrogens with one attached hydrogen (secondary N) is 5. The lowest BCUT2D eigenvalue weighted by Gasteiger charge is -2.29. The fraction of sp³-hybridized carbons (Fsp3) is 0.380. The van der Waals surface area contributed by atoms with Gasteiger partial charge in [0.05, 0.1) is 42.0 Å². The number of carbonyl (C=O) groups is 7. The summed E-state index contributed by atoms with van der Waals surface area (Å²) in [4.78, 5) is 86.0. The first-order chi connectivity index (χ1) is 34.1. The lowest BCUT2D eigenvalue weighted by Crippen LogP contribution is -2.50. The molecule has 0 heterocycles. The number of carboxylic acid groups (broad SMARTS) is 2. The Balaban J connectivity index is 0.000000271. The van der Waals surface area contributed by atoms with Crippen molar-refractivity contribution in [1.29, 1.82) is 0 Å².